The normalized spacial score (nSPS) is 22.0. The number of hydrogen-bond donors (Lipinski definition) is 1. The van der Waals surface area contributed by atoms with Gasteiger partial charge < -0.3 is 10.2 Å². The molecule has 4 rings (SSSR count). The van der Waals surface area contributed by atoms with Crippen molar-refractivity contribution in [3.63, 3.8) is 0 Å². The predicted molar refractivity (Wildman–Crippen MR) is 102 cm³/mol. The van der Waals surface area contributed by atoms with Crippen molar-refractivity contribution in [3.8, 4) is 0 Å². The van der Waals surface area contributed by atoms with Crippen molar-refractivity contribution >= 4 is 17.3 Å². The molecule has 2 aliphatic heterocycles. The maximum Gasteiger partial charge on any atom is 0.244 e. The number of carbonyl (C=O) groups excluding carboxylic acids is 1. The number of halogens is 1. The molecule has 2 aliphatic rings. The Morgan fingerprint density at radius 1 is 0.885 bits per heavy atom. The van der Waals surface area contributed by atoms with Crippen LogP contribution in [-0.2, 0) is 4.79 Å². The average molecular weight is 353 g/mol. The Labute approximate surface area is 153 Å². The molecule has 2 aromatic carbocycles. The van der Waals surface area contributed by atoms with Crippen LogP contribution in [0.2, 0.25) is 0 Å². The molecule has 1 amide bonds. The van der Waals surface area contributed by atoms with Gasteiger partial charge in [-0.1, -0.05) is 30.3 Å². The van der Waals surface area contributed by atoms with E-state index in [4.69, 9.17) is 0 Å². The zero-order valence-electron chi connectivity index (χ0n) is 14.8. The van der Waals surface area contributed by atoms with Crippen LogP contribution in [-0.4, -0.2) is 42.5 Å². The van der Waals surface area contributed by atoms with Crippen LogP contribution in [0.3, 0.4) is 0 Å². The zero-order chi connectivity index (χ0) is 17.9. The van der Waals surface area contributed by atoms with Gasteiger partial charge in [-0.05, 0) is 43.5 Å². The summed E-state index contributed by atoms with van der Waals surface area (Å²) in [5.74, 6) is -0.295. The number of rotatable bonds is 4. The molecular formula is C21H24FN3O. The van der Waals surface area contributed by atoms with Crippen LogP contribution in [0.1, 0.15) is 19.3 Å². The smallest absolute Gasteiger partial charge is 0.244 e. The highest BCUT2D eigenvalue weighted by Gasteiger charge is 2.38. The first-order valence-electron chi connectivity index (χ1n) is 9.34. The topological polar surface area (TPSA) is 35.6 Å². The first kappa shape index (κ1) is 17.0. The summed E-state index contributed by atoms with van der Waals surface area (Å²) in [5, 5.41) is 3.57. The van der Waals surface area contributed by atoms with Gasteiger partial charge in [-0.2, -0.15) is 0 Å². The third-order valence-electron chi connectivity index (χ3n) is 5.44. The van der Waals surface area contributed by atoms with Gasteiger partial charge in [0.15, 0.2) is 0 Å². The lowest BCUT2D eigenvalue weighted by Crippen LogP contribution is -2.48. The molecule has 2 fully saturated rings. The second kappa shape index (κ2) is 7.46. The van der Waals surface area contributed by atoms with Crippen LogP contribution in [0, 0.1) is 5.82 Å². The van der Waals surface area contributed by atoms with Crippen LogP contribution < -0.4 is 10.2 Å². The van der Waals surface area contributed by atoms with E-state index in [1.54, 1.807) is 23.1 Å². The van der Waals surface area contributed by atoms with E-state index in [2.05, 4.69) is 22.3 Å². The Hall–Kier alpha value is -2.40. The molecule has 5 heteroatoms. The maximum atomic E-state index is 14.0. The molecule has 0 bridgehead atoms. The summed E-state index contributed by atoms with van der Waals surface area (Å²) in [6.45, 7) is 2.38. The number of amides is 1. The summed E-state index contributed by atoms with van der Waals surface area (Å²) < 4.78 is 14.0. The van der Waals surface area contributed by atoms with E-state index in [1.807, 2.05) is 18.2 Å². The molecule has 136 valence electrons. The minimum absolute atomic E-state index is 0.0320. The Morgan fingerprint density at radius 2 is 1.58 bits per heavy atom. The van der Waals surface area contributed by atoms with E-state index >= 15 is 0 Å². The van der Waals surface area contributed by atoms with E-state index in [0.717, 1.165) is 38.0 Å². The third kappa shape index (κ3) is 3.44. The highest BCUT2D eigenvalue weighted by Crippen LogP contribution is 2.28. The van der Waals surface area contributed by atoms with Gasteiger partial charge >= 0.3 is 0 Å². The molecule has 26 heavy (non-hydrogen) atoms. The van der Waals surface area contributed by atoms with Gasteiger partial charge in [0.25, 0.3) is 0 Å². The number of benzene rings is 2. The van der Waals surface area contributed by atoms with Crippen molar-refractivity contribution < 1.29 is 9.18 Å². The van der Waals surface area contributed by atoms with E-state index in [0.29, 0.717) is 18.3 Å². The molecule has 0 saturated carbocycles. The summed E-state index contributed by atoms with van der Waals surface area (Å²) in [5.41, 5.74) is 1.55. The number of hydrogen-bond acceptors (Lipinski definition) is 3. The molecular weight excluding hydrogens is 329 g/mol. The van der Waals surface area contributed by atoms with Crippen molar-refractivity contribution in [2.24, 2.45) is 0 Å². The first-order chi connectivity index (χ1) is 12.7. The number of piperidine rings is 1. The molecule has 2 saturated heterocycles. The summed E-state index contributed by atoms with van der Waals surface area (Å²) in [6, 6.07) is 17.1. The third-order valence-corrected chi connectivity index (χ3v) is 5.44. The number of carbonyl (C=O) groups is 1. The van der Waals surface area contributed by atoms with Gasteiger partial charge in [-0.15, -0.1) is 0 Å². The van der Waals surface area contributed by atoms with Gasteiger partial charge in [0.2, 0.25) is 5.91 Å². The Bertz CT molecular complexity index is 759. The van der Waals surface area contributed by atoms with Crippen LogP contribution in [0.5, 0.6) is 0 Å². The molecule has 0 aliphatic carbocycles. The zero-order valence-corrected chi connectivity index (χ0v) is 14.8. The van der Waals surface area contributed by atoms with Gasteiger partial charge in [-0.3, -0.25) is 9.69 Å². The molecule has 2 aromatic rings. The molecule has 0 unspecified atom stereocenters. The number of para-hydroxylation sites is 2. The first-order valence-corrected chi connectivity index (χ1v) is 9.34. The van der Waals surface area contributed by atoms with Crippen molar-refractivity contribution in [2.45, 2.75) is 31.3 Å². The summed E-state index contributed by atoms with van der Waals surface area (Å²) >= 11 is 0. The molecule has 0 radical (unpaired) electrons. The van der Waals surface area contributed by atoms with E-state index < -0.39 is 0 Å². The average Bonchev–Trinajstić information content (AvgIpc) is 3.05. The van der Waals surface area contributed by atoms with Crippen LogP contribution in [0.25, 0.3) is 0 Å². The number of nitrogens with zero attached hydrogens (tertiary/aromatic N) is 2. The molecule has 1 atom stereocenters. The van der Waals surface area contributed by atoms with Crippen molar-refractivity contribution in [1.29, 1.82) is 0 Å². The summed E-state index contributed by atoms with van der Waals surface area (Å²) in [7, 11) is 0. The number of nitrogens with one attached hydrogen (secondary N) is 1. The Kier molecular flexibility index (Phi) is 4.89. The van der Waals surface area contributed by atoms with E-state index in [1.165, 1.54) is 6.07 Å². The second-order valence-electron chi connectivity index (χ2n) is 7.07. The van der Waals surface area contributed by atoms with E-state index in [-0.39, 0.29) is 17.8 Å². The standard InChI is InChI=1S/C21H24FN3O/c22-18-8-4-5-9-19(18)25-15-12-20(21(25)26)24-13-10-17(11-14-24)23-16-6-2-1-3-7-16/h1-9,17,20,23H,10-15H2/t20-/m0/s1. The van der Waals surface area contributed by atoms with Gasteiger partial charge in [-0.25, -0.2) is 4.39 Å². The fourth-order valence-electron chi connectivity index (χ4n) is 4.04. The van der Waals surface area contributed by atoms with Crippen molar-refractivity contribution in [1.82, 2.24) is 4.90 Å². The number of likely N-dealkylation sites (tertiary alicyclic amines) is 1. The quantitative estimate of drug-likeness (QED) is 0.914. The fourth-order valence-corrected chi connectivity index (χ4v) is 4.04. The highest BCUT2D eigenvalue weighted by atomic mass is 19.1. The van der Waals surface area contributed by atoms with Crippen molar-refractivity contribution in [3.05, 3.63) is 60.4 Å². The minimum Gasteiger partial charge on any atom is -0.382 e. The lowest BCUT2D eigenvalue weighted by atomic mass is 10.0. The lowest BCUT2D eigenvalue weighted by molar-refractivity contribution is -0.122. The maximum absolute atomic E-state index is 14.0. The predicted octanol–water partition coefficient (Wildman–Crippen LogP) is 3.51. The van der Waals surface area contributed by atoms with Gasteiger partial charge in [0.1, 0.15) is 5.82 Å². The van der Waals surface area contributed by atoms with Crippen LogP contribution in [0.4, 0.5) is 15.8 Å². The molecule has 4 nitrogen and oxygen atoms in total. The SMILES string of the molecule is O=C1[C@@H](N2CCC(Nc3ccccc3)CC2)CCN1c1ccccc1F. The van der Waals surface area contributed by atoms with Crippen molar-refractivity contribution in [2.75, 3.05) is 29.9 Å². The molecule has 0 aromatic heterocycles. The van der Waals surface area contributed by atoms with Crippen LogP contribution in [0.15, 0.2) is 54.6 Å². The number of anilines is 2. The summed E-state index contributed by atoms with van der Waals surface area (Å²) in [6.07, 6.45) is 2.79. The lowest BCUT2D eigenvalue weighted by Gasteiger charge is -2.35. The highest BCUT2D eigenvalue weighted by molar-refractivity contribution is 5.99. The Balaban J connectivity index is 1.35. The molecule has 2 heterocycles. The monoisotopic (exact) mass is 353 g/mol. The molecule has 1 N–H and O–H groups in total. The van der Waals surface area contributed by atoms with Gasteiger partial charge in [0.05, 0.1) is 11.7 Å². The summed E-state index contributed by atoms with van der Waals surface area (Å²) in [4.78, 5) is 16.7. The fraction of sp³-hybridized carbons (Fsp3) is 0.381. The Morgan fingerprint density at radius 3 is 2.31 bits per heavy atom. The largest absolute Gasteiger partial charge is 0.382 e. The second-order valence-corrected chi connectivity index (χ2v) is 7.07. The minimum atomic E-state index is -0.327. The van der Waals surface area contributed by atoms with Gasteiger partial charge in [0, 0.05) is 31.4 Å². The van der Waals surface area contributed by atoms with E-state index in [9.17, 15) is 9.18 Å². The van der Waals surface area contributed by atoms with Crippen LogP contribution >= 0.6 is 0 Å². The molecule has 0 spiro atoms.